The summed E-state index contributed by atoms with van der Waals surface area (Å²) in [5.41, 5.74) is 0.669. The lowest BCUT2D eigenvalue weighted by Crippen LogP contribution is -1.92. The fraction of sp³-hybridized carbons (Fsp3) is 0.333. The third kappa shape index (κ3) is 3.50. The molecule has 1 unspecified atom stereocenters. The molecule has 0 aliphatic rings. The zero-order valence-electron chi connectivity index (χ0n) is 7.88. The third-order valence-electron chi connectivity index (χ3n) is 1.65. The molecule has 0 amide bonds. The summed E-state index contributed by atoms with van der Waals surface area (Å²) in [7, 11) is -3.51. The number of benzene rings is 1. The molecule has 1 aromatic carbocycles. The van der Waals surface area contributed by atoms with Gasteiger partial charge in [0.15, 0.2) is 0 Å². The SMILES string of the molecule is CCOP(=O)(O)Cc1ccc(O)cc1. The maximum Gasteiger partial charge on any atom is 0.332 e. The van der Waals surface area contributed by atoms with Gasteiger partial charge in [0.05, 0.1) is 12.8 Å². The van der Waals surface area contributed by atoms with Crippen LogP contribution in [0.25, 0.3) is 0 Å². The Hall–Kier alpha value is -0.830. The lowest BCUT2D eigenvalue weighted by atomic mass is 10.2. The molecule has 0 aliphatic heterocycles. The molecule has 1 atom stereocenters. The zero-order chi connectivity index (χ0) is 10.6. The Labute approximate surface area is 82.7 Å². The van der Waals surface area contributed by atoms with E-state index in [4.69, 9.17) is 9.63 Å². The van der Waals surface area contributed by atoms with Gasteiger partial charge in [-0.2, -0.15) is 0 Å². The van der Waals surface area contributed by atoms with Crippen LogP contribution in [-0.2, 0) is 15.3 Å². The molecule has 0 saturated heterocycles. The molecule has 0 aromatic heterocycles. The molecule has 14 heavy (non-hydrogen) atoms. The zero-order valence-corrected chi connectivity index (χ0v) is 8.78. The molecule has 5 heteroatoms. The molecule has 4 nitrogen and oxygen atoms in total. The van der Waals surface area contributed by atoms with Crippen molar-refractivity contribution in [3.05, 3.63) is 29.8 Å². The number of hydrogen-bond acceptors (Lipinski definition) is 3. The van der Waals surface area contributed by atoms with E-state index < -0.39 is 7.60 Å². The summed E-state index contributed by atoms with van der Waals surface area (Å²) < 4.78 is 16.1. The standard InChI is InChI=1S/C9H13O4P/c1-2-13-14(11,12)7-8-3-5-9(10)6-4-8/h3-6,10H,2,7H2,1H3,(H,11,12). The molecule has 1 rings (SSSR count). The molecule has 0 heterocycles. The summed E-state index contributed by atoms with van der Waals surface area (Å²) in [6, 6.07) is 6.14. The highest BCUT2D eigenvalue weighted by atomic mass is 31.2. The van der Waals surface area contributed by atoms with Gasteiger partial charge in [0.2, 0.25) is 0 Å². The molecule has 0 saturated carbocycles. The van der Waals surface area contributed by atoms with E-state index >= 15 is 0 Å². The maximum atomic E-state index is 11.3. The Morgan fingerprint density at radius 1 is 1.36 bits per heavy atom. The van der Waals surface area contributed by atoms with Crippen molar-refractivity contribution in [1.29, 1.82) is 0 Å². The van der Waals surface area contributed by atoms with E-state index in [-0.39, 0.29) is 18.5 Å². The van der Waals surface area contributed by atoms with Gasteiger partial charge < -0.3 is 14.5 Å². The minimum atomic E-state index is -3.51. The number of rotatable bonds is 4. The summed E-state index contributed by atoms with van der Waals surface area (Å²) in [6.07, 6.45) is -0.0267. The summed E-state index contributed by atoms with van der Waals surface area (Å²) in [6.45, 7) is 1.88. The molecule has 0 fully saturated rings. The van der Waals surface area contributed by atoms with Gasteiger partial charge in [-0.1, -0.05) is 12.1 Å². The van der Waals surface area contributed by atoms with Crippen molar-refractivity contribution in [2.75, 3.05) is 6.61 Å². The van der Waals surface area contributed by atoms with Crippen LogP contribution in [0.15, 0.2) is 24.3 Å². The van der Waals surface area contributed by atoms with E-state index in [9.17, 15) is 9.46 Å². The van der Waals surface area contributed by atoms with Crippen molar-refractivity contribution in [2.45, 2.75) is 13.1 Å². The van der Waals surface area contributed by atoms with Gasteiger partial charge in [-0.05, 0) is 24.6 Å². The Bertz CT molecular complexity index is 333. The smallest absolute Gasteiger partial charge is 0.332 e. The Morgan fingerprint density at radius 3 is 2.43 bits per heavy atom. The molecule has 1 aromatic rings. The molecule has 0 aliphatic carbocycles. The van der Waals surface area contributed by atoms with Crippen LogP contribution in [0.2, 0.25) is 0 Å². The van der Waals surface area contributed by atoms with Crippen molar-refractivity contribution >= 4 is 7.60 Å². The van der Waals surface area contributed by atoms with Crippen LogP contribution in [0.5, 0.6) is 5.75 Å². The minimum absolute atomic E-state index is 0.0267. The first-order chi connectivity index (χ1) is 6.53. The van der Waals surface area contributed by atoms with E-state index in [1.165, 1.54) is 12.1 Å². The topological polar surface area (TPSA) is 66.8 Å². The molecule has 0 radical (unpaired) electrons. The van der Waals surface area contributed by atoms with Crippen LogP contribution in [0.4, 0.5) is 0 Å². The lowest BCUT2D eigenvalue weighted by Gasteiger charge is -2.10. The quantitative estimate of drug-likeness (QED) is 0.756. The monoisotopic (exact) mass is 216 g/mol. The van der Waals surface area contributed by atoms with E-state index in [1.807, 2.05) is 0 Å². The van der Waals surface area contributed by atoms with Crippen molar-refractivity contribution in [1.82, 2.24) is 0 Å². The second-order valence-corrected chi connectivity index (χ2v) is 4.73. The molecule has 2 N–H and O–H groups in total. The molecule has 0 spiro atoms. The van der Waals surface area contributed by atoms with E-state index in [0.29, 0.717) is 5.56 Å². The number of phenolic OH excluding ortho intramolecular Hbond substituents is 1. The molecular formula is C9H13O4P. The van der Waals surface area contributed by atoms with Gasteiger partial charge in [0.25, 0.3) is 0 Å². The van der Waals surface area contributed by atoms with Crippen molar-refractivity contribution in [2.24, 2.45) is 0 Å². The predicted molar refractivity (Wildman–Crippen MR) is 53.3 cm³/mol. The van der Waals surface area contributed by atoms with Gasteiger partial charge in [-0.15, -0.1) is 0 Å². The second kappa shape index (κ2) is 4.60. The van der Waals surface area contributed by atoms with E-state index in [0.717, 1.165) is 0 Å². The van der Waals surface area contributed by atoms with Crippen molar-refractivity contribution in [3.8, 4) is 5.75 Å². The van der Waals surface area contributed by atoms with Crippen LogP contribution < -0.4 is 0 Å². The number of aromatic hydroxyl groups is 1. The van der Waals surface area contributed by atoms with Gasteiger partial charge in [-0.3, -0.25) is 4.57 Å². The average molecular weight is 216 g/mol. The lowest BCUT2D eigenvalue weighted by molar-refractivity contribution is 0.272. The van der Waals surface area contributed by atoms with Crippen molar-refractivity contribution < 1.29 is 19.1 Å². The van der Waals surface area contributed by atoms with Gasteiger partial charge in [0.1, 0.15) is 5.75 Å². The highest BCUT2D eigenvalue weighted by Crippen LogP contribution is 2.45. The molecular weight excluding hydrogens is 203 g/mol. The summed E-state index contributed by atoms with van der Waals surface area (Å²) in [4.78, 5) is 9.31. The highest BCUT2D eigenvalue weighted by molar-refractivity contribution is 7.51. The van der Waals surface area contributed by atoms with Gasteiger partial charge >= 0.3 is 7.60 Å². The Morgan fingerprint density at radius 2 is 1.93 bits per heavy atom. The summed E-state index contributed by atoms with van der Waals surface area (Å²) >= 11 is 0. The summed E-state index contributed by atoms with van der Waals surface area (Å²) in [5.74, 6) is 0.137. The van der Waals surface area contributed by atoms with Crippen LogP contribution in [0.1, 0.15) is 12.5 Å². The van der Waals surface area contributed by atoms with Crippen LogP contribution >= 0.6 is 7.60 Å². The average Bonchev–Trinajstić information content (AvgIpc) is 2.08. The first-order valence-corrected chi connectivity index (χ1v) is 6.04. The fourth-order valence-corrected chi connectivity index (χ4v) is 2.25. The number of hydrogen-bond donors (Lipinski definition) is 2. The highest BCUT2D eigenvalue weighted by Gasteiger charge is 2.18. The van der Waals surface area contributed by atoms with Crippen molar-refractivity contribution in [3.63, 3.8) is 0 Å². The molecule has 0 bridgehead atoms. The van der Waals surface area contributed by atoms with E-state index in [2.05, 4.69) is 0 Å². The fourth-order valence-electron chi connectivity index (χ4n) is 1.08. The molecule has 78 valence electrons. The number of phenols is 1. The Balaban J connectivity index is 2.69. The van der Waals surface area contributed by atoms with Crippen LogP contribution in [-0.4, -0.2) is 16.6 Å². The van der Waals surface area contributed by atoms with Crippen LogP contribution in [0.3, 0.4) is 0 Å². The first-order valence-electron chi connectivity index (χ1n) is 4.28. The van der Waals surface area contributed by atoms with Crippen LogP contribution in [0, 0.1) is 0 Å². The predicted octanol–water partition coefficient (Wildman–Crippen LogP) is 2.11. The van der Waals surface area contributed by atoms with E-state index in [1.54, 1.807) is 19.1 Å². The normalized spacial score (nSPS) is 15.0. The van der Waals surface area contributed by atoms with Gasteiger partial charge in [0, 0.05) is 0 Å². The Kier molecular flexibility index (Phi) is 3.69. The maximum absolute atomic E-state index is 11.3. The first kappa shape index (κ1) is 11.2. The van der Waals surface area contributed by atoms with Gasteiger partial charge in [-0.25, -0.2) is 0 Å². The minimum Gasteiger partial charge on any atom is -0.508 e. The largest absolute Gasteiger partial charge is 0.508 e. The third-order valence-corrected chi connectivity index (χ3v) is 3.08. The summed E-state index contributed by atoms with van der Waals surface area (Å²) in [5, 5.41) is 9.00. The second-order valence-electron chi connectivity index (χ2n) is 2.88.